The molecule has 2 saturated carbocycles. The number of allylic oxidation sites excluding steroid dienone is 1. The Bertz CT molecular complexity index is 1200. The van der Waals surface area contributed by atoms with Gasteiger partial charge in [-0.05, 0) is 97.4 Å². The van der Waals surface area contributed by atoms with Crippen molar-refractivity contribution in [2.75, 3.05) is 20.3 Å². The van der Waals surface area contributed by atoms with Gasteiger partial charge in [0.15, 0.2) is 0 Å². The number of carbonyl (C=O) groups is 2. The molecule has 0 amide bonds. The molecule has 3 aliphatic rings. The molecule has 0 saturated heterocycles. The monoisotopic (exact) mass is 530 g/mol. The van der Waals surface area contributed by atoms with Gasteiger partial charge in [0, 0.05) is 25.0 Å². The number of Topliss-reactive ketones (excluding diaryl/α,β-unsaturated/α-hetero) is 1. The molecule has 5 heteroatoms. The quantitative estimate of drug-likeness (QED) is 0.255. The molecule has 5 atom stereocenters. The van der Waals surface area contributed by atoms with Crippen molar-refractivity contribution in [3.63, 3.8) is 0 Å². The first kappa shape index (κ1) is 27.6. The second-order valence-corrected chi connectivity index (χ2v) is 11.7. The molecule has 39 heavy (non-hydrogen) atoms. The largest absolute Gasteiger partial charge is 0.489 e. The highest BCUT2D eigenvalue weighted by Gasteiger charge is 2.58. The normalized spacial score (nSPS) is 27.6. The SMILES string of the molecule is CCOC(=O)C=CC[C@@H]1CC(=O)[C@@]2(C)CC[C@@H]3c4cc(CCOC)c(OCc5ccccc5)cc4CC[C@H]3[C@H]12. The lowest BCUT2D eigenvalue weighted by Crippen LogP contribution is -2.44. The van der Waals surface area contributed by atoms with E-state index < -0.39 is 0 Å². The smallest absolute Gasteiger partial charge is 0.330 e. The third kappa shape index (κ3) is 5.70. The summed E-state index contributed by atoms with van der Waals surface area (Å²) in [6, 6.07) is 15.0. The first-order chi connectivity index (χ1) is 18.9. The number of esters is 1. The Morgan fingerprint density at radius 2 is 1.97 bits per heavy atom. The van der Waals surface area contributed by atoms with Crippen LogP contribution in [0.25, 0.3) is 0 Å². The topological polar surface area (TPSA) is 61.8 Å². The number of fused-ring (bicyclic) bond motifs is 5. The van der Waals surface area contributed by atoms with Gasteiger partial charge in [0.2, 0.25) is 0 Å². The van der Waals surface area contributed by atoms with E-state index in [0.29, 0.717) is 49.8 Å². The molecule has 0 aliphatic heterocycles. The van der Waals surface area contributed by atoms with E-state index in [-0.39, 0.29) is 17.3 Å². The summed E-state index contributed by atoms with van der Waals surface area (Å²) in [6.45, 7) is 5.61. The first-order valence-electron chi connectivity index (χ1n) is 14.6. The van der Waals surface area contributed by atoms with Crippen LogP contribution in [-0.4, -0.2) is 32.1 Å². The molecule has 5 rings (SSSR count). The first-order valence-corrected chi connectivity index (χ1v) is 14.6. The van der Waals surface area contributed by atoms with Crippen molar-refractivity contribution in [1.29, 1.82) is 0 Å². The Kier molecular flexibility index (Phi) is 8.56. The van der Waals surface area contributed by atoms with Gasteiger partial charge in [-0.3, -0.25) is 4.79 Å². The Morgan fingerprint density at radius 1 is 1.15 bits per heavy atom. The zero-order valence-corrected chi connectivity index (χ0v) is 23.6. The van der Waals surface area contributed by atoms with Crippen LogP contribution in [0.1, 0.15) is 74.1 Å². The van der Waals surface area contributed by atoms with Crippen molar-refractivity contribution in [3.05, 3.63) is 76.9 Å². The van der Waals surface area contributed by atoms with E-state index in [0.717, 1.165) is 49.8 Å². The van der Waals surface area contributed by atoms with Gasteiger partial charge in [-0.2, -0.15) is 0 Å². The van der Waals surface area contributed by atoms with Gasteiger partial charge in [-0.1, -0.05) is 49.4 Å². The number of aryl methyl sites for hydroxylation is 1. The van der Waals surface area contributed by atoms with Crippen molar-refractivity contribution in [3.8, 4) is 5.75 Å². The summed E-state index contributed by atoms with van der Waals surface area (Å²) in [5.74, 6) is 2.65. The van der Waals surface area contributed by atoms with Gasteiger partial charge in [0.25, 0.3) is 0 Å². The average molecular weight is 531 g/mol. The van der Waals surface area contributed by atoms with E-state index in [1.54, 1.807) is 13.2 Å². The number of carbonyl (C=O) groups excluding carboxylic acids is 2. The van der Waals surface area contributed by atoms with Gasteiger partial charge < -0.3 is 14.2 Å². The van der Waals surface area contributed by atoms with Crippen LogP contribution in [-0.2, 0) is 38.5 Å². The minimum atomic E-state index is -0.299. The Balaban J connectivity index is 1.40. The highest BCUT2D eigenvalue weighted by atomic mass is 16.5. The summed E-state index contributed by atoms with van der Waals surface area (Å²) in [7, 11) is 1.74. The predicted molar refractivity (Wildman–Crippen MR) is 152 cm³/mol. The molecule has 0 aromatic heterocycles. The van der Waals surface area contributed by atoms with Gasteiger partial charge in [-0.15, -0.1) is 0 Å². The standard InChI is InChI=1S/C34H42O5/c1-4-38-32(36)12-8-11-26-21-31(35)34(2)17-15-27-28(33(26)34)14-13-24-20-30(25(16-18-37-3)19-29(24)27)39-22-23-9-6-5-7-10-23/h5-10,12,19-20,26-28,33H,4,11,13-18,21-22H2,1-3H3/t26-,27+,28-,33+,34-/m1/s1. The van der Waals surface area contributed by atoms with Crippen molar-refractivity contribution in [1.82, 2.24) is 0 Å². The van der Waals surface area contributed by atoms with Gasteiger partial charge in [0.05, 0.1) is 13.2 Å². The zero-order chi connectivity index (χ0) is 27.4. The molecule has 208 valence electrons. The molecule has 2 aromatic rings. The van der Waals surface area contributed by atoms with Crippen LogP contribution >= 0.6 is 0 Å². The predicted octanol–water partition coefficient (Wildman–Crippen LogP) is 6.62. The van der Waals surface area contributed by atoms with Gasteiger partial charge in [0.1, 0.15) is 18.1 Å². The minimum Gasteiger partial charge on any atom is -0.489 e. The summed E-state index contributed by atoms with van der Waals surface area (Å²) >= 11 is 0. The highest BCUT2D eigenvalue weighted by Crippen LogP contribution is 2.62. The van der Waals surface area contributed by atoms with E-state index in [4.69, 9.17) is 14.2 Å². The number of rotatable bonds is 10. The maximum atomic E-state index is 13.3. The van der Waals surface area contributed by atoms with Gasteiger partial charge in [-0.25, -0.2) is 4.79 Å². The van der Waals surface area contributed by atoms with Gasteiger partial charge >= 0.3 is 5.97 Å². The summed E-state index contributed by atoms with van der Waals surface area (Å²) in [6.07, 6.45) is 9.76. The van der Waals surface area contributed by atoms with Crippen LogP contribution in [0.15, 0.2) is 54.6 Å². The third-order valence-electron chi connectivity index (χ3n) is 9.54. The third-order valence-corrected chi connectivity index (χ3v) is 9.54. The van der Waals surface area contributed by atoms with E-state index in [9.17, 15) is 9.59 Å². The number of ketones is 1. The van der Waals surface area contributed by atoms with Crippen LogP contribution < -0.4 is 4.74 Å². The van der Waals surface area contributed by atoms with Crippen LogP contribution in [0.5, 0.6) is 5.75 Å². The molecule has 0 N–H and O–H groups in total. The van der Waals surface area contributed by atoms with E-state index >= 15 is 0 Å². The van der Waals surface area contributed by atoms with Crippen molar-refractivity contribution in [2.45, 2.75) is 71.3 Å². The molecule has 2 fully saturated rings. The molecular formula is C34H42O5. The van der Waals surface area contributed by atoms with E-state index in [1.165, 1.54) is 16.7 Å². The maximum Gasteiger partial charge on any atom is 0.330 e. The second kappa shape index (κ2) is 12.1. The number of hydrogen-bond acceptors (Lipinski definition) is 5. The molecule has 0 spiro atoms. The lowest BCUT2D eigenvalue weighted by Gasteiger charge is -2.50. The molecular weight excluding hydrogens is 488 g/mol. The molecule has 0 bridgehead atoms. The lowest BCUT2D eigenvalue weighted by molar-refractivity contribution is -0.137. The fourth-order valence-corrected chi connectivity index (χ4v) is 7.73. The highest BCUT2D eigenvalue weighted by molar-refractivity contribution is 5.88. The second-order valence-electron chi connectivity index (χ2n) is 11.7. The molecule has 5 nitrogen and oxygen atoms in total. The number of methoxy groups -OCH3 is 1. The lowest BCUT2D eigenvalue weighted by atomic mass is 9.54. The Morgan fingerprint density at radius 3 is 2.74 bits per heavy atom. The zero-order valence-electron chi connectivity index (χ0n) is 23.6. The summed E-state index contributed by atoms with van der Waals surface area (Å²) in [4.78, 5) is 25.2. The summed E-state index contributed by atoms with van der Waals surface area (Å²) in [5, 5.41) is 0. The molecule has 0 unspecified atom stereocenters. The van der Waals surface area contributed by atoms with Crippen molar-refractivity contribution < 1.29 is 23.8 Å². The maximum absolute atomic E-state index is 13.3. The number of hydrogen-bond donors (Lipinski definition) is 0. The Labute approximate surface area is 232 Å². The number of benzene rings is 2. The number of ether oxygens (including phenoxy) is 3. The van der Waals surface area contributed by atoms with Crippen molar-refractivity contribution >= 4 is 11.8 Å². The van der Waals surface area contributed by atoms with Crippen LogP contribution in [0.4, 0.5) is 0 Å². The summed E-state index contributed by atoms with van der Waals surface area (Å²) < 4.78 is 16.9. The fourth-order valence-electron chi connectivity index (χ4n) is 7.73. The average Bonchev–Trinajstić information content (AvgIpc) is 3.20. The van der Waals surface area contributed by atoms with Crippen molar-refractivity contribution in [2.24, 2.45) is 23.2 Å². The molecule has 0 heterocycles. The van der Waals surface area contributed by atoms with Crippen LogP contribution in [0.3, 0.4) is 0 Å². The molecule has 0 radical (unpaired) electrons. The summed E-state index contributed by atoms with van der Waals surface area (Å²) in [5.41, 5.74) is 4.96. The van der Waals surface area contributed by atoms with E-state index in [2.05, 4.69) is 31.2 Å². The van der Waals surface area contributed by atoms with E-state index in [1.807, 2.05) is 31.2 Å². The van der Waals surface area contributed by atoms with Crippen LogP contribution in [0.2, 0.25) is 0 Å². The van der Waals surface area contributed by atoms with Crippen LogP contribution in [0, 0.1) is 23.2 Å². The minimum absolute atomic E-state index is 0.251. The molecule has 3 aliphatic carbocycles. The fraction of sp³-hybridized carbons (Fsp3) is 0.529. The molecule has 2 aromatic carbocycles. The Hall–Kier alpha value is -2.92.